The van der Waals surface area contributed by atoms with Gasteiger partial charge < -0.3 is 4.55 Å². The zero-order valence-electron chi connectivity index (χ0n) is 5.16. The Balaban J connectivity index is 0. The fraction of sp³-hybridized carbons (Fsp3) is 1.00. The molecule has 0 heterocycles. The van der Waals surface area contributed by atoms with Crippen LogP contribution in [0, 0.1) is 0 Å². The van der Waals surface area contributed by atoms with Crippen LogP contribution in [0.25, 0.3) is 0 Å². The Morgan fingerprint density at radius 1 is 1.67 bits per heavy atom. The van der Waals surface area contributed by atoms with E-state index in [0.717, 1.165) is 0 Å². The summed E-state index contributed by atoms with van der Waals surface area (Å²) in [4.78, 5) is 0. The standard InChI is InChI=1S/C2H6O4S2.Na/c1-2-7-6-8(3,4)5;/h2H2,1H3,(H,3,4,5);/q;+1/p-1. The summed E-state index contributed by atoms with van der Waals surface area (Å²) in [5.74, 6) is 0.446. The Labute approximate surface area is 80.8 Å². The van der Waals surface area contributed by atoms with Crippen molar-refractivity contribution < 1.29 is 46.2 Å². The second-order valence-corrected chi connectivity index (χ2v) is 3.06. The van der Waals surface area contributed by atoms with Crippen LogP contribution in [0.2, 0.25) is 0 Å². The minimum Gasteiger partial charge on any atom is -0.725 e. The Bertz CT molecular complexity index is 141. The smallest absolute Gasteiger partial charge is 0.725 e. The minimum absolute atomic E-state index is 0. The minimum atomic E-state index is -4.47. The van der Waals surface area contributed by atoms with Crippen molar-refractivity contribution in [2.24, 2.45) is 0 Å². The molecule has 0 unspecified atom stereocenters. The number of hydrogen-bond donors (Lipinski definition) is 0. The first-order valence-corrected chi connectivity index (χ1v) is 4.07. The zero-order valence-corrected chi connectivity index (χ0v) is 8.79. The summed E-state index contributed by atoms with van der Waals surface area (Å²) in [6.07, 6.45) is 0. The van der Waals surface area contributed by atoms with Gasteiger partial charge in [-0.25, -0.2) is 12.0 Å². The van der Waals surface area contributed by atoms with Crippen molar-refractivity contribution in [1.29, 1.82) is 0 Å². The molecule has 50 valence electrons. The van der Waals surface area contributed by atoms with Crippen LogP contribution in [0.1, 0.15) is 6.92 Å². The second kappa shape index (κ2) is 5.96. The molecule has 7 heteroatoms. The first-order chi connectivity index (χ1) is 3.56. The molecule has 0 saturated carbocycles. The molecule has 0 aliphatic rings. The molecule has 0 bridgehead atoms. The van der Waals surface area contributed by atoms with Crippen LogP contribution in [0.4, 0.5) is 0 Å². The molecular formula is C2H5NaO4S2. The molecule has 0 rings (SSSR count). The van der Waals surface area contributed by atoms with Crippen LogP contribution in [0.3, 0.4) is 0 Å². The molecule has 4 nitrogen and oxygen atoms in total. The summed E-state index contributed by atoms with van der Waals surface area (Å²) in [5.41, 5.74) is 0. The van der Waals surface area contributed by atoms with E-state index in [1.165, 1.54) is 0 Å². The summed E-state index contributed by atoms with van der Waals surface area (Å²) in [6, 6.07) is 0. The average molecular weight is 180 g/mol. The molecule has 0 fully saturated rings. The normalized spacial score (nSPS) is 10.4. The van der Waals surface area contributed by atoms with Gasteiger partial charge in [0.1, 0.15) is 0 Å². The van der Waals surface area contributed by atoms with Crippen molar-refractivity contribution in [3.8, 4) is 0 Å². The quantitative estimate of drug-likeness (QED) is 0.202. The van der Waals surface area contributed by atoms with E-state index in [4.69, 9.17) is 0 Å². The molecule has 0 aliphatic carbocycles. The zero-order chi connectivity index (χ0) is 6.62. The summed E-state index contributed by atoms with van der Waals surface area (Å²) in [6.45, 7) is 1.68. The van der Waals surface area contributed by atoms with Gasteiger partial charge in [0.25, 0.3) is 0 Å². The van der Waals surface area contributed by atoms with Crippen LogP contribution >= 0.6 is 12.0 Å². The molecule has 9 heavy (non-hydrogen) atoms. The first kappa shape index (κ1) is 12.9. The molecule has 0 aromatic rings. The second-order valence-electron chi connectivity index (χ2n) is 0.883. The van der Waals surface area contributed by atoms with Crippen molar-refractivity contribution in [3.63, 3.8) is 0 Å². The maximum Gasteiger partial charge on any atom is 1.00 e. The third-order valence-electron chi connectivity index (χ3n) is 0.249. The Morgan fingerprint density at radius 2 is 2.11 bits per heavy atom. The molecule has 0 atom stereocenters. The van der Waals surface area contributed by atoms with Gasteiger partial charge in [0, 0.05) is 17.8 Å². The van der Waals surface area contributed by atoms with Crippen LogP contribution in [0.15, 0.2) is 0 Å². The third-order valence-corrected chi connectivity index (χ3v) is 1.54. The molecule has 0 aromatic heterocycles. The monoisotopic (exact) mass is 180 g/mol. The van der Waals surface area contributed by atoms with Crippen LogP contribution in [-0.4, -0.2) is 18.7 Å². The fourth-order valence-electron chi connectivity index (χ4n) is 0.107. The third kappa shape index (κ3) is 12.4. The van der Waals surface area contributed by atoms with Gasteiger partial charge in [-0.1, -0.05) is 6.92 Å². The molecule has 0 amide bonds. The van der Waals surface area contributed by atoms with E-state index < -0.39 is 10.4 Å². The van der Waals surface area contributed by atoms with Crippen molar-refractivity contribution in [2.45, 2.75) is 6.92 Å². The average Bonchev–Trinajstić information content (AvgIpc) is 1.59. The van der Waals surface area contributed by atoms with Crippen LogP contribution < -0.4 is 29.6 Å². The molecule has 0 radical (unpaired) electrons. The Hall–Kier alpha value is 1.22. The van der Waals surface area contributed by atoms with E-state index in [1.807, 2.05) is 0 Å². The maximum atomic E-state index is 9.59. The molecular weight excluding hydrogens is 175 g/mol. The van der Waals surface area contributed by atoms with Crippen LogP contribution in [-0.2, 0) is 14.0 Å². The van der Waals surface area contributed by atoms with Crippen molar-refractivity contribution >= 4 is 22.4 Å². The topological polar surface area (TPSA) is 66.4 Å². The van der Waals surface area contributed by atoms with Gasteiger partial charge in [-0.05, 0) is 0 Å². The van der Waals surface area contributed by atoms with Crippen LogP contribution in [0.5, 0.6) is 0 Å². The largest absolute Gasteiger partial charge is 1.00 e. The Morgan fingerprint density at radius 3 is 2.22 bits per heavy atom. The van der Waals surface area contributed by atoms with Gasteiger partial charge in [0.2, 0.25) is 10.4 Å². The van der Waals surface area contributed by atoms with E-state index in [1.54, 1.807) is 6.92 Å². The predicted molar refractivity (Wildman–Crippen MR) is 28.9 cm³/mol. The van der Waals surface area contributed by atoms with E-state index in [0.29, 0.717) is 17.8 Å². The van der Waals surface area contributed by atoms with Crippen molar-refractivity contribution in [1.82, 2.24) is 0 Å². The summed E-state index contributed by atoms with van der Waals surface area (Å²) < 4.78 is 32.5. The van der Waals surface area contributed by atoms with E-state index >= 15 is 0 Å². The van der Waals surface area contributed by atoms with E-state index in [-0.39, 0.29) is 29.6 Å². The Kier molecular flexibility index (Phi) is 8.52. The van der Waals surface area contributed by atoms with Crippen molar-refractivity contribution in [3.05, 3.63) is 0 Å². The summed E-state index contributed by atoms with van der Waals surface area (Å²) >= 11 is 0.615. The summed E-state index contributed by atoms with van der Waals surface area (Å²) in [7, 11) is -4.47. The number of hydrogen-bond acceptors (Lipinski definition) is 5. The molecule has 0 saturated heterocycles. The summed E-state index contributed by atoms with van der Waals surface area (Å²) in [5, 5.41) is 0. The molecule has 0 aromatic carbocycles. The van der Waals surface area contributed by atoms with Crippen molar-refractivity contribution in [2.75, 3.05) is 5.75 Å². The number of rotatable bonds is 3. The van der Waals surface area contributed by atoms with E-state index in [2.05, 4.69) is 3.63 Å². The molecule has 0 aliphatic heterocycles. The van der Waals surface area contributed by atoms with Gasteiger partial charge >= 0.3 is 29.6 Å². The SMILES string of the molecule is CCSOS(=O)(=O)[O-].[Na+]. The van der Waals surface area contributed by atoms with Gasteiger partial charge in [0.15, 0.2) is 0 Å². The molecule has 0 spiro atoms. The van der Waals surface area contributed by atoms with Gasteiger partial charge in [-0.3, -0.25) is 0 Å². The predicted octanol–water partition coefficient (Wildman–Crippen LogP) is -2.86. The van der Waals surface area contributed by atoms with E-state index in [9.17, 15) is 13.0 Å². The maximum absolute atomic E-state index is 9.59. The van der Waals surface area contributed by atoms with Gasteiger partial charge in [0.05, 0.1) is 0 Å². The molecule has 0 N–H and O–H groups in total. The fourth-order valence-corrected chi connectivity index (χ4v) is 0.963. The first-order valence-electron chi connectivity index (χ1n) is 1.83. The van der Waals surface area contributed by atoms with Gasteiger partial charge in [-0.15, -0.1) is 0 Å². The van der Waals surface area contributed by atoms with Gasteiger partial charge in [-0.2, -0.15) is 0 Å².